The van der Waals surface area contributed by atoms with Crippen LogP contribution in [0.15, 0.2) is 0 Å². The van der Waals surface area contributed by atoms with E-state index in [9.17, 15) is 19.8 Å². The van der Waals surface area contributed by atoms with Gasteiger partial charge in [-0.1, -0.05) is 0 Å². The number of hydrogen-bond acceptors (Lipinski definition) is 5. The fourth-order valence-electron chi connectivity index (χ4n) is 1.04. The van der Waals surface area contributed by atoms with Crippen molar-refractivity contribution in [3.8, 4) is 0 Å². The lowest BCUT2D eigenvalue weighted by molar-refractivity contribution is -0.166. The molecule has 0 spiro atoms. The highest BCUT2D eigenvalue weighted by atomic mass is 16.5. The summed E-state index contributed by atoms with van der Waals surface area (Å²) < 4.78 is 4.47. The molecule has 0 aliphatic heterocycles. The Kier molecular flexibility index (Phi) is 4.01. The van der Waals surface area contributed by atoms with E-state index in [0.717, 1.165) is 0 Å². The van der Waals surface area contributed by atoms with E-state index >= 15 is 0 Å². The molecule has 88 valence electrons. The van der Waals surface area contributed by atoms with Gasteiger partial charge in [0.1, 0.15) is 11.7 Å². The minimum absolute atomic E-state index is 0.701. The van der Waals surface area contributed by atoms with E-state index < -0.39 is 28.9 Å². The SMILES string of the molecule is COC(=O)C(C)(C)C(O)C(=O)C(C)(C)O. The number of aliphatic hydroxyl groups excluding tert-OH is 1. The van der Waals surface area contributed by atoms with Crippen LogP contribution in [0.4, 0.5) is 0 Å². The van der Waals surface area contributed by atoms with Crippen LogP contribution in [0.3, 0.4) is 0 Å². The number of rotatable bonds is 4. The van der Waals surface area contributed by atoms with E-state index in [1.165, 1.54) is 34.8 Å². The number of ketones is 1. The van der Waals surface area contributed by atoms with Gasteiger partial charge in [0.25, 0.3) is 0 Å². The third kappa shape index (κ3) is 3.00. The molecule has 1 atom stereocenters. The molecular formula is C10H18O5. The van der Waals surface area contributed by atoms with Crippen LogP contribution in [0.2, 0.25) is 0 Å². The van der Waals surface area contributed by atoms with Crippen LogP contribution in [0, 0.1) is 5.41 Å². The molecule has 0 bridgehead atoms. The number of Topliss-reactive ketones (excluding diaryl/α,β-unsaturated/α-hetero) is 1. The summed E-state index contributed by atoms with van der Waals surface area (Å²) in [6, 6.07) is 0. The quantitative estimate of drug-likeness (QED) is 0.643. The molecule has 5 nitrogen and oxygen atoms in total. The maximum Gasteiger partial charge on any atom is 0.314 e. The molecule has 5 heteroatoms. The van der Waals surface area contributed by atoms with Crippen LogP contribution in [0.5, 0.6) is 0 Å². The van der Waals surface area contributed by atoms with E-state index in [1.54, 1.807) is 0 Å². The molecular weight excluding hydrogens is 200 g/mol. The first-order valence-electron chi connectivity index (χ1n) is 4.58. The summed E-state index contributed by atoms with van der Waals surface area (Å²) in [6.45, 7) is 5.28. The minimum atomic E-state index is -1.68. The predicted molar refractivity (Wildman–Crippen MR) is 53.1 cm³/mol. The van der Waals surface area contributed by atoms with Gasteiger partial charge in [-0.25, -0.2) is 0 Å². The van der Waals surface area contributed by atoms with Crippen LogP contribution in [-0.2, 0) is 14.3 Å². The fourth-order valence-corrected chi connectivity index (χ4v) is 1.04. The van der Waals surface area contributed by atoms with Gasteiger partial charge in [0.15, 0.2) is 5.78 Å². The molecule has 0 aliphatic carbocycles. The first-order chi connectivity index (χ1) is 6.55. The number of esters is 1. The van der Waals surface area contributed by atoms with E-state index in [-0.39, 0.29) is 0 Å². The van der Waals surface area contributed by atoms with Gasteiger partial charge in [-0.15, -0.1) is 0 Å². The van der Waals surface area contributed by atoms with Crippen LogP contribution in [-0.4, -0.2) is 40.8 Å². The average molecular weight is 218 g/mol. The Morgan fingerprint density at radius 2 is 1.60 bits per heavy atom. The lowest BCUT2D eigenvalue weighted by Gasteiger charge is -2.30. The zero-order chi connectivity index (χ0) is 12.4. The molecule has 0 saturated heterocycles. The summed E-state index contributed by atoms with van der Waals surface area (Å²) in [5.74, 6) is -1.51. The number of methoxy groups -OCH3 is 1. The number of carbonyl (C=O) groups is 2. The van der Waals surface area contributed by atoms with Gasteiger partial charge in [-0.05, 0) is 27.7 Å². The van der Waals surface area contributed by atoms with Gasteiger partial charge in [-0.2, -0.15) is 0 Å². The average Bonchev–Trinajstić information content (AvgIpc) is 2.12. The fraction of sp³-hybridized carbons (Fsp3) is 0.800. The van der Waals surface area contributed by atoms with Crippen LogP contribution < -0.4 is 0 Å². The standard InChI is InChI=1S/C10H18O5/c1-9(2,8(13)15-5)6(11)7(12)10(3,4)14/h6,11,14H,1-5H3. The van der Waals surface area contributed by atoms with Crippen molar-refractivity contribution in [2.24, 2.45) is 5.41 Å². The third-order valence-electron chi connectivity index (χ3n) is 2.25. The second-order valence-corrected chi connectivity index (χ2v) is 4.54. The molecule has 15 heavy (non-hydrogen) atoms. The summed E-state index contributed by atoms with van der Waals surface area (Å²) in [6.07, 6.45) is -1.59. The maximum absolute atomic E-state index is 11.5. The molecule has 0 saturated carbocycles. The van der Waals surface area contributed by atoms with Gasteiger partial charge in [0, 0.05) is 0 Å². The van der Waals surface area contributed by atoms with Crippen LogP contribution >= 0.6 is 0 Å². The second-order valence-electron chi connectivity index (χ2n) is 4.54. The topological polar surface area (TPSA) is 83.8 Å². The Balaban J connectivity index is 4.93. The molecule has 0 aliphatic rings. The summed E-state index contributed by atoms with van der Waals surface area (Å²) in [4.78, 5) is 22.8. The zero-order valence-corrected chi connectivity index (χ0v) is 9.70. The minimum Gasteiger partial charge on any atom is -0.469 e. The number of ether oxygens (including phenoxy) is 1. The Bertz CT molecular complexity index is 261. The summed E-state index contributed by atoms with van der Waals surface area (Å²) >= 11 is 0. The van der Waals surface area contributed by atoms with Crippen molar-refractivity contribution >= 4 is 11.8 Å². The third-order valence-corrected chi connectivity index (χ3v) is 2.25. The Hall–Kier alpha value is -0.940. The Labute approximate surface area is 89.0 Å². The first kappa shape index (κ1) is 14.1. The molecule has 2 N–H and O–H groups in total. The molecule has 1 unspecified atom stereocenters. The zero-order valence-electron chi connectivity index (χ0n) is 9.70. The molecule has 0 aromatic heterocycles. The van der Waals surface area contributed by atoms with Crippen LogP contribution in [0.1, 0.15) is 27.7 Å². The highest BCUT2D eigenvalue weighted by molar-refractivity contribution is 5.95. The summed E-state index contributed by atoms with van der Waals surface area (Å²) in [5, 5.41) is 19.1. The van der Waals surface area contributed by atoms with Crippen molar-refractivity contribution in [2.45, 2.75) is 39.4 Å². The largest absolute Gasteiger partial charge is 0.469 e. The lowest BCUT2D eigenvalue weighted by Crippen LogP contribution is -2.50. The van der Waals surface area contributed by atoms with Gasteiger partial charge in [-0.3, -0.25) is 9.59 Å². The monoisotopic (exact) mass is 218 g/mol. The van der Waals surface area contributed by atoms with E-state index in [0.29, 0.717) is 0 Å². The van der Waals surface area contributed by atoms with Crippen LogP contribution in [0.25, 0.3) is 0 Å². The second kappa shape index (κ2) is 4.28. The molecule has 0 heterocycles. The number of carbonyl (C=O) groups excluding carboxylic acids is 2. The van der Waals surface area contributed by atoms with Crippen molar-refractivity contribution in [3.63, 3.8) is 0 Å². The highest BCUT2D eigenvalue weighted by Gasteiger charge is 2.45. The van der Waals surface area contributed by atoms with E-state index in [4.69, 9.17) is 0 Å². The summed E-state index contributed by atoms with van der Waals surface area (Å²) in [7, 11) is 1.17. The van der Waals surface area contributed by atoms with Gasteiger partial charge in [0.05, 0.1) is 12.5 Å². The van der Waals surface area contributed by atoms with Crippen molar-refractivity contribution in [1.29, 1.82) is 0 Å². The smallest absolute Gasteiger partial charge is 0.314 e. The number of hydrogen-bond donors (Lipinski definition) is 2. The van der Waals surface area contributed by atoms with Crippen molar-refractivity contribution in [2.75, 3.05) is 7.11 Å². The van der Waals surface area contributed by atoms with Gasteiger partial charge >= 0.3 is 5.97 Å². The molecule has 0 amide bonds. The number of aliphatic hydroxyl groups is 2. The van der Waals surface area contributed by atoms with Gasteiger partial charge < -0.3 is 14.9 Å². The molecule has 0 aromatic rings. The molecule has 0 fully saturated rings. The van der Waals surface area contributed by atoms with E-state index in [2.05, 4.69) is 4.74 Å². The first-order valence-corrected chi connectivity index (χ1v) is 4.58. The normalized spacial score (nSPS) is 14.6. The van der Waals surface area contributed by atoms with Crippen molar-refractivity contribution in [3.05, 3.63) is 0 Å². The van der Waals surface area contributed by atoms with Gasteiger partial charge in [0.2, 0.25) is 0 Å². The highest BCUT2D eigenvalue weighted by Crippen LogP contribution is 2.26. The molecule has 0 radical (unpaired) electrons. The molecule has 0 aromatic carbocycles. The van der Waals surface area contributed by atoms with E-state index in [1.807, 2.05) is 0 Å². The molecule has 0 rings (SSSR count). The summed E-state index contributed by atoms with van der Waals surface area (Å²) in [5.41, 5.74) is -3.05. The Morgan fingerprint density at radius 1 is 1.20 bits per heavy atom. The Morgan fingerprint density at radius 3 is 1.87 bits per heavy atom. The predicted octanol–water partition coefficient (Wildman–Crippen LogP) is -0.114. The lowest BCUT2D eigenvalue weighted by atomic mass is 9.80. The maximum atomic E-state index is 11.5. The van der Waals surface area contributed by atoms with Crippen molar-refractivity contribution in [1.82, 2.24) is 0 Å². The van der Waals surface area contributed by atoms with Crippen molar-refractivity contribution < 1.29 is 24.5 Å².